The lowest BCUT2D eigenvalue weighted by atomic mass is 10.3. The smallest absolute Gasteiger partial charge is 0.347 e. The van der Waals surface area contributed by atoms with Gasteiger partial charge in [-0.1, -0.05) is 18.3 Å². The predicted octanol–water partition coefficient (Wildman–Crippen LogP) is 2.85. The van der Waals surface area contributed by atoms with E-state index in [9.17, 15) is 4.79 Å². The van der Waals surface area contributed by atoms with Crippen LogP contribution in [0, 0.1) is 6.92 Å². The molecule has 0 amide bonds. The van der Waals surface area contributed by atoms with E-state index in [1.807, 2.05) is 26.0 Å². The summed E-state index contributed by atoms with van der Waals surface area (Å²) >= 11 is 1.13. The first kappa shape index (κ1) is 12.5. The third kappa shape index (κ3) is 2.65. The summed E-state index contributed by atoms with van der Waals surface area (Å²) in [6.45, 7) is 3.85. The molecule has 18 heavy (non-hydrogen) atoms. The van der Waals surface area contributed by atoms with Crippen LogP contribution in [-0.2, 0) is 6.42 Å². The van der Waals surface area contributed by atoms with Crippen molar-refractivity contribution in [2.24, 2.45) is 0 Å². The van der Waals surface area contributed by atoms with Gasteiger partial charge in [-0.3, -0.25) is 0 Å². The van der Waals surface area contributed by atoms with Gasteiger partial charge in [0, 0.05) is 6.20 Å². The van der Waals surface area contributed by atoms with Crippen molar-refractivity contribution in [1.82, 2.24) is 9.97 Å². The molecular formula is C12H13N3O2S. The van der Waals surface area contributed by atoms with Crippen LogP contribution in [0.1, 0.15) is 27.9 Å². The van der Waals surface area contributed by atoms with Gasteiger partial charge in [-0.2, -0.15) is 0 Å². The Kier molecular flexibility index (Phi) is 3.57. The quantitative estimate of drug-likeness (QED) is 0.887. The van der Waals surface area contributed by atoms with Crippen LogP contribution in [0.5, 0.6) is 0 Å². The minimum Gasteiger partial charge on any atom is -0.477 e. The number of anilines is 2. The summed E-state index contributed by atoms with van der Waals surface area (Å²) in [6.07, 6.45) is 2.30. The summed E-state index contributed by atoms with van der Waals surface area (Å²) in [5, 5.41) is 12.6. The second-order valence-electron chi connectivity index (χ2n) is 3.80. The highest BCUT2D eigenvalue weighted by Crippen LogP contribution is 2.26. The Balaban J connectivity index is 2.27. The molecule has 94 valence electrons. The average Bonchev–Trinajstić information content (AvgIpc) is 2.72. The number of carboxylic acids is 1. The Morgan fingerprint density at radius 3 is 2.89 bits per heavy atom. The van der Waals surface area contributed by atoms with Crippen LogP contribution in [-0.4, -0.2) is 21.0 Å². The Morgan fingerprint density at radius 1 is 1.56 bits per heavy atom. The maximum Gasteiger partial charge on any atom is 0.347 e. The van der Waals surface area contributed by atoms with Crippen molar-refractivity contribution in [2.45, 2.75) is 20.3 Å². The van der Waals surface area contributed by atoms with Gasteiger partial charge in [-0.05, 0) is 31.0 Å². The van der Waals surface area contributed by atoms with E-state index >= 15 is 0 Å². The Labute approximate surface area is 109 Å². The fourth-order valence-corrected chi connectivity index (χ4v) is 2.43. The van der Waals surface area contributed by atoms with Crippen molar-refractivity contribution in [3.8, 4) is 0 Å². The van der Waals surface area contributed by atoms with Gasteiger partial charge in [0.25, 0.3) is 0 Å². The topological polar surface area (TPSA) is 75.1 Å². The number of aryl methyl sites for hydroxylation is 2. The maximum absolute atomic E-state index is 11.0. The first-order valence-corrected chi connectivity index (χ1v) is 6.34. The van der Waals surface area contributed by atoms with Crippen LogP contribution in [0.25, 0.3) is 0 Å². The number of thiazole rings is 1. The molecule has 0 saturated heterocycles. The van der Waals surface area contributed by atoms with Gasteiger partial charge in [-0.25, -0.2) is 14.8 Å². The van der Waals surface area contributed by atoms with Crippen molar-refractivity contribution in [3.63, 3.8) is 0 Å². The summed E-state index contributed by atoms with van der Waals surface area (Å²) in [6, 6.07) is 3.78. The van der Waals surface area contributed by atoms with E-state index in [-0.39, 0.29) is 4.88 Å². The second kappa shape index (κ2) is 5.14. The van der Waals surface area contributed by atoms with Gasteiger partial charge < -0.3 is 10.4 Å². The standard InChI is InChI=1S/C12H13N3O2S/c1-3-8-10(11(16)17)18-12(14-8)15-9-6-7(2)4-5-13-9/h4-6H,3H2,1-2H3,(H,16,17)(H,13,14,15). The minimum absolute atomic E-state index is 0.285. The molecule has 0 bridgehead atoms. The van der Waals surface area contributed by atoms with E-state index < -0.39 is 5.97 Å². The number of rotatable bonds is 4. The summed E-state index contributed by atoms with van der Waals surface area (Å²) in [5.41, 5.74) is 1.68. The van der Waals surface area contributed by atoms with Crippen molar-refractivity contribution in [1.29, 1.82) is 0 Å². The van der Waals surface area contributed by atoms with Gasteiger partial charge >= 0.3 is 5.97 Å². The number of hydrogen-bond donors (Lipinski definition) is 2. The number of aromatic nitrogens is 2. The summed E-state index contributed by atoms with van der Waals surface area (Å²) in [5.74, 6) is -0.266. The van der Waals surface area contributed by atoms with Gasteiger partial charge in [-0.15, -0.1) is 0 Å². The molecule has 0 radical (unpaired) electrons. The zero-order chi connectivity index (χ0) is 13.1. The Hall–Kier alpha value is -1.95. The average molecular weight is 263 g/mol. The molecule has 0 saturated carbocycles. The molecule has 0 aliphatic rings. The molecule has 0 aromatic carbocycles. The molecule has 6 heteroatoms. The molecule has 0 unspecified atom stereocenters. The summed E-state index contributed by atoms with van der Waals surface area (Å²) < 4.78 is 0. The fourth-order valence-electron chi connectivity index (χ4n) is 1.53. The van der Waals surface area contributed by atoms with Crippen LogP contribution in [0.2, 0.25) is 0 Å². The number of aromatic carboxylic acids is 1. The SMILES string of the molecule is CCc1nc(Nc2cc(C)ccn2)sc1C(=O)O. The van der Waals surface area contributed by atoms with E-state index in [2.05, 4.69) is 15.3 Å². The lowest BCUT2D eigenvalue weighted by Gasteiger charge is -2.01. The highest BCUT2D eigenvalue weighted by atomic mass is 32.1. The van der Waals surface area contributed by atoms with E-state index in [1.54, 1.807) is 6.20 Å². The lowest BCUT2D eigenvalue weighted by Crippen LogP contribution is -1.97. The summed E-state index contributed by atoms with van der Waals surface area (Å²) in [7, 11) is 0. The number of carboxylic acid groups (broad SMARTS) is 1. The molecule has 0 aliphatic heterocycles. The van der Waals surface area contributed by atoms with Crippen molar-refractivity contribution in [2.75, 3.05) is 5.32 Å². The highest BCUT2D eigenvalue weighted by Gasteiger charge is 2.16. The van der Waals surface area contributed by atoms with Gasteiger partial charge in [0.15, 0.2) is 5.13 Å². The van der Waals surface area contributed by atoms with Gasteiger partial charge in [0.1, 0.15) is 10.7 Å². The minimum atomic E-state index is -0.936. The van der Waals surface area contributed by atoms with Crippen molar-refractivity contribution < 1.29 is 9.90 Å². The van der Waals surface area contributed by atoms with E-state index in [1.165, 1.54) is 0 Å². The van der Waals surface area contributed by atoms with E-state index in [4.69, 9.17) is 5.11 Å². The number of nitrogens with one attached hydrogen (secondary N) is 1. The van der Waals surface area contributed by atoms with Crippen LogP contribution in [0.15, 0.2) is 18.3 Å². The molecule has 0 spiro atoms. The molecule has 0 atom stereocenters. The van der Waals surface area contributed by atoms with Gasteiger partial charge in [0.05, 0.1) is 5.69 Å². The van der Waals surface area contributed by atoms with Crippen LogP contribution in [0.4, 0.5) is 10.9 Å². The van der Waals surface area contributed by atoms with Crippen LogP contribution >= 0.6 is 11.3 Å². The molecule has 2 N–H and O–H groups in total. The molecule has 0 fully saturated rings. The second-order valence-corrected chi connectivity index (χ2v) is 4.80. The molecule has 5 nitrogen and oxygen atoms in total. The lowest BCUT2D eigenvalue weighted by molar-refractivity contribution is 0.0701. The van der Waals surface area contributed by atoms with Crippen molar-refractivity contribution >= 4 is 28.3 Å². The number of nitrogens with zero attached hydrogens (tertiary/aromatic N) is 2. The zero-order valence-corrected chi connectivity index (χ0v) is 10.9. The molecule has 2 heterocycles. The molecule has 2 aromatic rings. The normalized spacial score (nSPS) is 10.3. The van der Waals surface area contributed by atoms with Crippen LogP contribution in [0.3, 0.4) is 0 Å². The number of hydrogen-bond acceptors (Lipinski definition) is 5. The maximum atomic E-state index is 11.0. The zero-order valence-electron chi connectivity index (χ0n) is 10.1. The third-order valence-corrected chi connectivity index (χ3v) is 3.38. The number of carbonyl (C=O) groups is 1. The first-order valence-electron chi connectivity index (χ1n) is 5.53. The molecule has 0 aliphatic carbocycles. The van der Waals surface area contributed by atoms with E-state index in [0.717, 1.165) is 16.9 Å². The monoisotopic (exact) mass is 263 g/mol. The first-order chi connectivity index (χ1) is 8.60. The number of pyridine rings is 1. The molecular weight excluding hydrogens is 250 g/mol. The predicted molar refractivity (Wildman–Crippen MR) is 70.7 cm³/mol. The van der Waals surface area contributed by atoms with E-state index in [0.29, 0.717) is 23.1 Å². The van der Waals surface area contributed by atoms with Crippen molar-refractivity contribution in [3.05, 3.63) is 34.5 Å². The molecule has 2 rings (SSSR count). The Bertz CT molecular complexity index is 580. The molecule has 2 aromatic heterocycles. The van der Waals surface area contributed by atoms with Gasteiger partial charge in [0.2, 0.25) is 0 Å². The summed E-state index contributed by atoms with van der Waals surface area (Å²) in [4.78, 5) is 19.7. The highest BCUT2D eigenvalue weighted by molar-refractivity contribution is 7.17. The third-order valence-electron chi connectivity index (χ3n) is 2.38. The Morgan fingerprint density at radius 2 is 2.33 bits per heavy atom. The fraction of sp³-hybridized carbons (Fsp3) is 0.250. The largest absolute Gasteiger partial charge is 0.477 e. The van der Waals surface area contributed by atoms with Crippen LogP contribution < -0.4 is 5.32 Å².